The molecule has 0 bridgehead atoms. The summed E-state index contributed by atoms with van der Waals surface area (Å²) < 4.78 is 4.93. The summed E-state index contributed by atoms with van der Waals surface area (Å²) in [6, 6.07) is 8.28. The number of hydrogen-bond acceptors (Lipinski definition) is 3. The Morgan fingerprint density at radius 1 is 1.29 bits per heavy atom. The zero-order valence-corrected chi connectivity index (χ0v) is 9.69. The normalized spacial score (nSPS) is 24.1. The summed E-state index contributed by atoms with van der Waals surface area (Å²) in [4.78, 5) is 13.1. The third kappa shape index (κ3) is 2.00. The molecule has 1 aromatic carbocycles. The maximum absolute atomic E-state index is 11.4. The fraction of sp³-hybridized carbons (Fsp3) is 0.462. The van der Waals surface area contributed by atoms with Crippen molar-refractivity contribution in [3.05, 3.63) is 29.8 Å². The van der Waals surface area contributed by atoms with Crippen LogP contribution in [0.5, 0.6) is 0 Å². The molecule has 4 nitrogen and oxygen atoms in total. The number of nitrogens with one attached hydrogen (secondary N) is 1. The van der Waals surface area contributed by atoms with Crippen LogP contribution in [-0.2, 0) is 4.74 Å². The van der Waals surface area contributed by atoms with Gasteiger partial charge in [-0.3, -0.25) is 4.90 Å². The zero-order valence-electron chi connectivity index (χ0n) is 9.69. The van der Waals surface area contributed by atoms with E-state index in [0.717, 1.165) is 18.8 Å². The van der Waals surface area contributed by atoms with Gasteiger partial charge in [-0.25, -0.2) is 4.79 Å². The van der Waals surface area contributed by atoms with E-state index in [9.17, 15) is 4.79 Å². The third-order valence-corrected chi connectivity index (χ3v) is 3.50. The Balaban J connectivity index is 1.77. The number of rotatable bonds is 2. The summed E-state index contributed by atoms with van der Waals surface area (Å²) in [6.07, 6.45) is 0.964. The zero-order chi connectivity index (χ0) is 11.7. The molecule has 1 N–H and O–H groups in total. The Bertz CT molecular complexity index is 410. The van der Waals surface area contributed by atoms with Gasteiger partial charge in [0.15, 0.2) is 0 Å². The van der Waals surface area contributed by atoms with Gasteiger partial charge in [0.05, 0.1) is 6.54 Å². The highest BCUT2D eigenvalue weighted by Crippen LogP contribution is 2.25. The first-order chi connectivity index (χ1) is 8.34. The highest BCUT2D eigenvalue weighted by atomic mass is 16.6. The molecule has 0 aromatic heterocycles. The smallest absolute Gasteiger partial charge is 0.414 e. The van der Waals surface area contributed by atoms with E-state index < -0.39 is 0 Å². The number of cyclic esters (lactones) is 1. The first kappa shape index (κ1) is 10.6. The minimum Gasteiger partial charge on any atom is -0.447 e. The summed E-state index contributed by atoms with van der Waals surface area (Å²) in [6.45, 7) is 3.31. The van der Waals surface area contributed by atoms with E-state index in [0.29, 0.717) is 19.1 Å². The van der Waals surface area contributed by atoms with Gasteiger partial charge in [-0.15, -0.1) is 0 Å². The predicted octanol–water partition coefficient (Wildman–Crippen LogP) is 1.72. The van der Waals surface area contributed by atoms with Gasteiger partial charge in [0.25, 0.3) is 0 Å². The van der Waals surface area contributed by atoms with Gasteiger partial charge in [-0.1, -0.05) is 12.1 Å². The van der Waals surface area contributed by atoms with E-state index in [1.54, 1.807) is 4.90 Å². The fourth-order valence-corrected chi connectivity index (χ4v) is 2.49. The Kier molecular flexibility index (Phi) is 2.73. The molecule has 3 rings (SSSR count). The van der Waals surface area contributed by atoms with Gasteiger partial charge < -0.3 is 10.1 Å². The van der Waals surface area contributed by atoms with Crippen molar-refractivity contribution in [1.29, 1.82) is 0 Å². The SMILES string of the molecule is O=C1OCCN1c1ccc(C2CCNC2)cc1. The Morgan fingerprint density at radius 2 is 2.12 bits per heavy atom. The van der Waals surface area contributed by atoms with E-state index in [-0.39, 0.29) is 6.09 Å². The number of benzene rings is 1. The van der Waals surface area contributed by atoms with Crippen molar-refractivity contribution in [2.45, 2.75) is 12.3 Å². The molecule has 90 valence electrons. The van der Waals surface area contributed by atoms with Crippen molar-refractivity contribution >= 4 is 11.8 Å². The molecule has 0 saturated carbocycles. The number of carbonyl (C=O) groups is 1. The van der Waals surface area contributed by atoms with E-state index in [2.05, 4.69) is 17.4 Å². The lowest BCUT2D eigenvalue weighted by Gasteiger charge is -2.14. The molecule has 1 atom stereocenters. The number of anilines is 1. The summed E-state index contributed by atoms with van der Waals surface area (Å²) in [5, 5.41) is 3.36. The first-order valence-corrected chi connectivity index (χ1v) is 6.09. The molecular weight excluding hydrogens is 216 g/mol. The van der Waals surface area contributed by atoms with Gasteiger partial charge in [0, 0.05) is 12.2 Å². The van der Waals surface area contributed by atoms with Crippen LogP contribution in [0.25, 0.3) is 0 Å². The number of nitrogens with zero attached hydrogens (tertiary/aromatic N) is 1. The van der Waals surface area contributed by atoms with Crippen molar-refractivity contribution in [2.24, 2.45) is 0 Å². The molecule has 17 heavy (non-hydrogen) atoms. The highest BCUT2D eigenvalue weighted by Gasteiger charge is 2.24. The van der Waals surface area contributed by atoms with Crippen LogP contribution in [-0.4, -0.2) is 32.3 Å². The van der Waals surface area contributed by atoms with Crippen LogP contribution in [0.4, 0.5) is 10.5 Å². The Hall–Kier alpha value is -1.55. The van der Waals surface area contributed by atoms with Crippen LogP contribution in [0, 0.1) is 0 Å². The van der Waals surface area contributed by atoms with E-state index in [4.69, 9.17) is 4.74 Å². The molecule has 2 saturated heterocycles. The molecule has 2 aliphatic rings. The van der Waals surface area contributed by atoms with Crippen molar-refractivity contribution < 1.29 is 9.53 Å². The quantitative estimate of drug-likeness (QED) is 0.844. The van der Waals surface area contributed by atoms with Crippen LogP contribution in [0.1, 0.15) is 17.9 Å². The molecule has 0 spiro atoms. The average Bonchev–Trinajstić information content (AvgIpc) is 3.00. The van der Waals surface area contributed by atoms with Crippen LogP contribution < -0.4 is 10.2 Å². The molecule has 1 amide bonds. The van der Waals surface area contributed by atoms with Gasteiger partial charge in [0.1, 0.15) is 6.61 Å². The second kappa shape index (κ2) is 4.37. The lowest BCUT2D eigenvalue weighted by molar-refractivity contribution is 0.181. The number of carbonyl (C=O) groups excluding carboxylic acids is 1. The molecule has 2 heterocycles. The molecule has 1 aromatic rings. The number of amides is 1. The average molecular weight is 232 g/mol. The van der Waals surface area contributed by atoms with E-state index in [1.165, 1.54) is 12.0 Å². The summed E-state index contributed by atoms with van der Waals surface area (Å²) in [7, 11) is 0. The third-order valence-electron chi connectivity index (χ3n) is 3.50. The summed E-state index contributed by atoms with van der Waals surface area (Å²) in [5.41, 5.74) is 2.29. The number of hydrogen-bond donors (Lipinski definition) is 1. The predicted molar refractivity (Wildman–Crippen MR) is 65.4 cm³/mol. The lowest BCUT2D eigenvalue weighted by atomic mass is 9.98. The van der Waals surface area contributed by atoms with Gasteiger partial charge in [0.2, 0.25) is 0 Å². The Morgan fingerprint density at radius 3 is 2.71 bits per heavy atom. The molecule has 2 aliphatic heterocycles. The van der Waals surface area contributed by atoms with Gasteiger partial charge in [-0.2, -0.15) is 0 Å². The van der Waals surface area contributed by atoms with E-state index >= 15 is 0 Å². The van der Waals surface area contributed by atoms with Gasteiger partial charge in [-0.05, 0) is 36.6 Å². The topological polar surface area (TPSA) is 41.6 Å². The van der Waals surface area contributed by atoms with E-state index in [1.807, 2.05) is 12.1 Å². The number of ether oxygens (including phenoxy) is 1. The largest absolute Gasteiger partial charge is 0.447 e. The van der Waals surface area contributed by atoms with Crippen molar-refractivity contribution in [2.75, 3.05) is 31.1 Å². The maximum atomic E-state index is 11.4. The second-order valence-corrected chi connectivity index (χ2v) is 4.55. The molecule has 1 unspecified atom stereocenters. The maximum Gasteiger partial charge on any atom is 0.414 e. The molecule has 2 fully saturated rings. The first-order valence-electron chi connectivity index (χ1n) is 6.09. The molecule has 0 aliphatic carbocycles. The van der Waals surface area contributed by atoms with Crippen molar-refractivity contribution in [1.82, 2.24) is 5.32 Å². The molecule has 0 radical (unpaired) electrons. The highest BCUT2D eigenvalue weighted by molar-refractivity contribution is 5.89. The standard InChI is InChI=1S/C13H16N2O2/c16-13-15(7-8-17-13)12-3-1-10(2-4-12)11-5-6-14-9-11/h1-4,11,14H,5-9H2. The second-order valence-electron chi connectivity index (χ2n) is 4.55. The van der Waals surface area contributed by atoms with Crippen molar-refractivity contribution in [3.63, 3.8) is 0 Å². The molecular formula is C13H16N2O2. The minimum atomic E-state index is -0.236. The van der Waals surface area contributed by atoms with Crippen molar-refractivity contribution in [3.8, 4) is 0 Å². The lowest BCUT2D eigenvalue weighted by Crippen LogP contribution is -2.23. The van der Waals surface area contributed by atoms with Crippen LogP contribution >= 0.6 is 0 Å². The van der Waals surface area contributed by atoms with Crippen LogP contribution in [0.3, 0.4) is 0 Å². The summed E-state index contributed by atoms with van der Waals surface area (Å²) >= 11 is 0. The van der Waals surface area contributed by atoms with Crippen LogP contribution in [0.2, 0.25) is 0 Å². The van der Waals surface area contributed by atoms with Gasteiger partial charge >= 0.3 is 6.09 Å². The fourth-order valence-electron chi connectivity index (χ4n) is 2.49. The minimum absolute atomic E-state index is 0.236. The Labute approximate surface area is 101 Å². The van der Waals surface area contributed by atoms with Crippen LogP contribution in [0.15, 0.2) is 24.3 Å². The monoisotopic (exact) mass is 232 g/mol. The summed E-state index contributed by atoms with van der Waals surface area (Å²) in [5.74, 6) is 0.620. The molecule has 4 heteroatoms.